The Bertz CT molecular complexity index is 731. The largest absolute Gasteiger partial charge is 0.324 e. The third kappa shape index (κ3) is 2.98. The minimum absolute atomic E-state index is 0.00167. The van der Waals surface area contributed by atoms with E-state index < -0.39 is 0 Å². The number of nitrogens with two attached hydrogens (primary N) is 1. The number of halogens is 2. The highest BCUT2D eigenvalue weighted by molar-refractivity contribution is 9.11. The Morgan fingerprint density at radius 3 is 2.50 bits per heavy atom. The Morgan fingerprint density at radius 2 is 1.75 bits per heavy atom. The molecule has 2 aromatic carbocycles. The standard InChI is InChI=1S/C16H13Br2NS/c17-12-5-10(6-13(18)8-12)15(19)7-11-9-20-16-4-2-1-3-14(11)16/h1-6,8-9,15H,7,19H2. The monoisotopic (exact) mass is 409 g/mol. The maximum atomic E-state index is 6.38. The van der Waals surface area contributed by atoms with Crippen molar-refractivity contribution in [2.45, 2.75) is 12.5 Å². The van der Waals surface area contributed by atoms with Gasteiger partial charge in [-0.2, -0.15) is 0 Å². The molecule has 0 fully saturated rings. The maximum absolute atomic E-state index is 6.38. The Hall–Kier alpha value is -0.680. The van der Waals surface area contributed by atoms with E-state index >= 15 is 0 Å². The second kappa shape index (κ2) is 5.98. The molecule has 20 heavy (non-hydrogen) atoms. The first kappa shape index (κ1) is 14.3. The van der Waals surface area contributed by atoms with Gasteiger partial charge >= 0.3 is 0 Å². The zero-order valence-electron chi connectivity index (χ0n) is 10.6. The van der Waals surface area contributed by atoms with E-state index in [1.165, 1.54) is 15.6 Å². The summed E-state index contributed by atoms with van der Waals surface area (Å²) in [5.41, 5.74) is 8.85. The molecule has 0 amide bonds. The molecule has 0 aliphatic rings. The number of fused-ring (bicyclic) bond motifs is 1. The molecule has 0 saturated carbocycles. The van der Waals surface area contributed by atoms with E-state index in [1.54, 1.807) is 11.3 Å². The lowest BCUT2D eigenvalue weighted by molar-refractivity contribution is 0.726. The maximum Gasteiger partial charge on any atom is 0.0345 e. The summed E-state index contributed by atoms with van der Waals surface area (Å²) in [5.74, 6) is 0. The number of thiophene rings is 1. The second-order valence-electron chi connectivity index (χ2n) is 4.77. The Morgan fingerprint density at radius 1 is 1.05 bits per heavy atom. The first-order valence-electron chi connectivity index (χ1n) is 6.30. The minimum Gasteiger partial charge on any atom is -0.324 e. The van der Waals surface area contributed by atoms with Gasteiger partial charge in [0.25, 0.3) is 0 Å². The summed E-state index contributed by atoms with van der Waals surface area (Å²) < 4.78 is 3.42. The van der Waals surface area contributed by atoms with Crippen LogP contribution in [0.1, 0.15) is 17.2 Å². The van der Waals surface area contributed by atoms with Crippen LogP contribution < -0.4 is 5.73 Å². The zero-order chi connectivity index (χ0) is 14.1. The number of hydrogen-bond acceptors (Lipinski definition) is 2. The van der Waals surface area contributed by atoms with Crippen LogP contribution in [0.15, 0.2) is 56.8 Å². The molecule has 0 bridgehead atoms. The fourth-order valence-electron chi connectivity index (χ4n) is 2.33. The minimum atomic E-state index is 0.00167. The molecule has 102 valence electrons. The number of hydrogen-bond donors (Lipinski definition) is 1. The third-order valence-corrected chi connectivity index (χ3v) is 5.24. The highest BCUT2D eigenvalue weighted by Crippen LogP contribution is 2.30. The normalized spacial score (nSPS) is 12.8. The van der Waals surface area contributed by atoms with Gasteiger partial charge in [0, 0.05) is 19.7 Å². The van der Waals surface area contributed by atoms with Gasteiger partial charge in [0.1, 0.15) is 0 Å². The van der Waals surface area contributed by atoms with E-state index in [4.69, 9.17) is 5.73 Å². The quantitative estimate of drug-likeness (QED) is 0.591. The van der Waals surface area contributed by atoms with E-state index in [-0.39, 0.29) is 6.04 Å². The summed E-state index contributed by atoms with van der Waals surface area (Å²) in [6, 6.07) is 14.7. The molecule has 3 rings (SSSR count). The van der Waals surface area contributed by atoms with Crippen molar-refractivity contribution in [2.75, 3.05) is 0 Å². The van der Waals surface area contributed by atoms with E-state index in [9.17, 15) is 0 Å². The zero-order valence-corrected chi connectivity index (χ0v) is 14.6. The SMILES string of the molecule is NC(Cc1csc2ccccc12)c1cc(Br)cc(Br)c1. The van der Waals surface area contributed by atoms with Crippen LogP contribution in [-0.2, 0) is 6.42 Å². The highest BCUT2D eigenvalue weighted by Gasteiger charge is 2.12. The molecular formula is C16H13Br2NS. The van der Waals surface area contributed by atoms with Gasteiger partial charge in [0.2, 0.25) is 0 Å². The van der Waals surface area contributed by atoms with Crippen molar-refractivity contribution in [1.29, 1.82) is 0 Å². The van der Waals surface area contributed by atoms with Crippen molar-refractivity contribution < 1.29 is 0 Å². The topological polar surface area (TPSA) is 26.0 Å². The number of rotatable bonds is 3. The van der Waals surface area contributed by atoms with Crippen molar-refractivity contribution in [2.24, 2.45) is 5.73 Å². The Balaban J connectivity index is 1.90. The van der Waals surface area contributed by atoms with Gasteiger partial charge in [0.15, 0.2) is 0 Å². The van der Waals surface area contributed by atoms with E-state index in [2.05, 4.69) is 73.6 Å². The predicted molar refractivity (Wildman–Crippen MR) is 94.3 cm³/mol. The molecule has 1 aromatic heterocycles. The lowest BCUT2D eigenvalue weighted by atomic mass is 9.99. The van der Waals surface area contributed by atoms with Crippen LogP contribution in [0.4, 0.5) is 0 Å². The van der Waals surface area contributed by atoms with Crippen LogP contribution >= 0.6 is 43.2 Å². The molecule has 1 heterocycles. The van der Waals surface area contributed by atoms with Crippen LogP contribution in [0.2, 0.25) is 0 Å². The second-order valence-corrected chi connectivity index (χ2v) is 7.51. The molecule has 1 atom stereocenters. The average Bonchev–Trinajstić information content (AvgIpc) is 2.81. The van der Waals surface area contributed by atoms with Gasteiger partial charge in [-0.3, -0.25) is 0 Å². The summed E-state index contributed by atoms with van der Waals surface area (Å²) in [4.78, 5) is 0. The Kier molecular flexibility index (Phi) is 4.26. The van der Waals surface area contributed by atoms with Crippen molar-refractivity contribution in [3.8, 4) is 0 Å². The average molecular weight is 411 g/mol. The van der Waals surface area contributed by atoms with Gasteiger partial charge in [-0.1, -0.05) is 50.1 Å². The molecule has 4 heteroatoms. The fourth-order valence-corrected chi connectivity index (χ4v) is 4.64. The Labute approximate surface area is 139 Å². The van der Waals surface area contributed by atoms with E-state index in [1.807, 2.05) is 6.07 Å². The molecule has 3 aromatic rings. The van der Waals surface area contributed by atoms with Crippen molar-refractivity contribution >= 4 is 53.3 Å². The van der Waals surface area contributed by atoms with E-state index in [0.29, 0.717) is 0 Å². The van der Waals surface area contributed by atoms with Crippen molar-refractivity contribution in [1.82, 2.24) is 0 Å². The summed E-state index contributed by atoms with van der Waals surface area (Å²) in [5, 5.41) is 3.54. The molecule has 1 unspecified atom stereocenters. The summed E-state index contributed by atoms with van der Waals surface area (Å²) in [6.07, 6.45) is 0.854. The molecule has 0 aliphatic heterocycles. The van der Waals surface area contributed by atoms with E-state index in [0.717, 1.165) is 20.9 Å². The smallest absolute Gasteiger partial charge is 0.0345 e. The first-order valence-corrected chi connectivity index (χ1v) is 8.77. The molecule has 0 saturated heterocycles. The van der Waals surface area contributed by atoms with Crippen LogP contribution in [0.3, 0.4) is 0 Å². The van der Waals surface area contributed by atoms with Crippen LogP contribution in [0.25, 0.3) is 10.1 Å². The molecule has 0 radical (unpaired) electrons. The summed E-state index contributed by atoms with van der Waals surface area (Å²) >= 11 is 8.81. The van der Waals surface area contributed by atoms with Gasteiger partial charge < -0.3 is 5.73 Å². The summed E-state index contributed by atoms with van der Waals surface area (Å²) in [7, 11) is 0. The van der Waals surface area contributed by atoms with Gasteiger partial charge in [-0.05, 0) is 52.6 Å². The molecular weight excluding hydrogens is 398 g/mol. The van der Waals surface area contributed by atoms with Crippen LogP contribution in [0, 0.1) is 0 Å². The lowest BCUT2D eigenvalue weighted by Gasteiger charge is -2.13. The van der Waals surface area contributed by atoms with Crippen molar-refractivity contribution in [3.05, 3.63) is 67.9 Å². The molecule has 0 spiro atoms. The van der Waals surface area contributed by atoms with Crippen LogP contribution in [0.5, 0.6) is 0 Å². The van der Waals surface area contributed by atoms with Gasteiger partial charge in [-0.25, -0.2) is 0 Å². The molecule has 1 nitrogen and oxygen atoms in total. The predicted octanol–water partition coefficient (Wildman–Crippen LogP) is 5.67. The first-order chi connectivity index (χ1) is 9.63. The van der Waals surface area contributed by atoms with Gasteiger partial charge in [0.05, 0.1) is 0 Å². The highest BCUT2D eigenvalue weighted by atomic mass is 79.9. The number of benzene rings is 2. The lowest BCUT2D eigenvalue weighted by Crippen LogP contribution is -2.13. The van der Waals surface area contributed by atoms with Crippen molar-refractivity contribution in [3.63, 3.8) is 0 Å². The van der Waals surface area contributed by atoms with Gasteiger partial charge in [-0.15, -0.1) is 11.3 Å². The molecule has 0 aliphatic carbocycles. The fraction of sp³-hybridized carbons (Fsp3) is 0.125. The van der Waals surface area contributed by atoms with Crippen LogP contribution in [-0.4, -0.2) is 0 Å². The molecule has 2 N–H and O–H groups in total. The summed E-state index contributed by atoms with van der Waals surface area (Å²) in [6.45, 7) is 0. The third-order valence-electron chi connectivity index (χ3n) is 3.31.